The summed E-state index contributed by atoms with van der Waals surface area (Å²) in [6.07, 6.45) is 0. The van der Waals surface area contributed by atoms with E-state index in [1.165, 1.54) is 54.2 Å². The number of methoxy groups -OCH3 is 2. The molecule has 8 aromatic rings. The summed E-state index contributed by atoms with van der Waals surface area (Å²) in [7, 11) is 2.67. The Morgan fingerprint density at radius 1 is 0.443 bits per heavy atom. The molecule has 0 saturated carbocycles. The predicted molar refractivity (Wildman–Crippen MR) is 293 cm³/mol. The van der Waals surface area contributed by atoms with Crippen molar-refractivity contribution < 1.29 is 37.6 Å². The standard InChI is InChI=1S/C29H31BO4.C23H20O2.C7H15BO2.CH4/c1-19-15-24(26-22-13-9-7-11-20(22)17-21-12-8-10-14-23(21)26)27(32-18-31-6)25(16-19)30-33-28(2,3)29(4,5)34-30;1-16-11-12-22(25-15-24-2)21(13-16)23-19-9-5-3-7-17(19)14-18-8-4-6-10-20(18)23;1-6(2)7(3,4)10-8(5)9-6;/h7-17H,18H2,1-6H3;3-14H,15H2,1-2H3;1-5H3;1H4. The largest absolute Gasteiger partial charge is 0.498 e. The molecule has 2 aliphatic rings. The molecule has 10 rings (SSSR count). The fraction of sp³-hybridized carbons (Fsp3) is 0.333. The van der Waals surface area contributed by atoms with E-state index in [4.69, 9.17) is 37.6 Å². The first-order valence-electron chi connectivity index (χ1n) is 23.9. The smallest absolute Gasteiger partial charge is 0.467 e. The van der Waals surface area contributed by atoms with Crippen LogP contribution in [0.2, 0.25) is 6.82 Å². The van der Waals surface area contributed by atoms with Gasteiger partial charge in [-0.1, -0.05) is 128 Å². The van der Waals surface area contributed by atoms with Crippen LogP contribution in [-0.4, -0.2) is 64.4 Å². The Balaban J connectivity index is 0.000000175. The molecule has 70 heavy (non-hydrogen) atoms. The van der Waals surface area contributed by atoms with Crippen LogP contribution < -0.4 is 14.9 Å². The van der Waals surface area contributed by atoms with E-state index in [1.807, 2.05) is 12.9 Å². The van der Waals surface area contributed by atoms with Gasteiger partial charge in [0.2, 0.25) is 0 Å². The molecule has 0 atom stereocenters. The lowest BCUT2D eigenvalue weighted by Gasteiger charge is -2.32. The molecule has 2 heterocycles. The molecule has 0 aromatic heterocycles. The van der Waals surface area contributed by atoms with Gasteiger partial charge < -0.3 is 37.6 Å². The van der Waals surface area contributed by atoms with Crippen LogP contribution in [0.15, 0.2) is 140 Å². The summed E-state index contributed by atoms with van der Waals surface area (Å²) in [5, 5.41) is 9.65. The summed E-state index contributed by atoms with van der Waals surface area (Å²) < 4.78 is 46.6. The molecule has 0 unspecified atom stereocenters. The molecule has 10 heteroatoms. The Kier molecular flexibility index (Phi) is 15.6. The fourth-order valence-corrected chi connectivity index (χ4v) is 9.24. The minimum absolute atomic E-state index is 0. The van der Waals surface area contributed by atoms with Gasteiger partial charge in [0, 0.05) is 41.9 Å². The predicted octanol–water partition coefficient (Wildman–Crippen LogP) is 14.5. The molecule has 0 spiro atoms. The lowest BCUT2D eigenvalue weighted by atomic mass is 9.75. The van der Waals surface area contributed by atoms with Crippen molar-refractivity contribution in [2.75, 3.05) is 27.8 Å². The third kappa shape index (κ3) is 10.5. The third-order valence-electron chi connectivity index (χ3n) is 14.0. The third-order valence-corrected chi connectivity index (χ3v) is 14.0. The van der Waals surface area contributed by atoms with Gasteiger partial charge in [-0.15, -0.1) is 0 Å². The first kappa shape index (κ1) is 52.1. The van der Waals surface area contributed by atoms with Crippen molar-refractivity contribution in [1.82, 2.24) is 0 Å². The van der Waals surface area contributed by atoms with Crippen molar-refractivity contribution in [2.45, 2.75) is 106 Å². The number of hydrogen-bond donors (Lipinski definition) is 0. The lowest BCUT2D eigenvalue weighted by Crippen LogP contribution is -2.41. The van der Waals surface area contributed by atoms with Crippen molar-refractivity contribution in [1.29, 1.82) is 0 Å². The molecular weight excluding hydrogens is 870 g/mol. The van der Waals surface area contributed by atoms with Crippen molar-refractivity contribution in [3.8, 4) is 33.8 Å². The van der Waals surface area contributed by atoms with E-state index in [9.17, 15) is 0 Å². The highest BCUT2D eigenvalue weighted by molar-refractivity contribution is 6.63. The molecule has 8 aromatic carbocycles. The minimum atomic E-state index is -0.545. The molecule has 0 amide bonds. The molecule has 8 nitrogen and oxygen atoms in total. The highest BCUT2D eigenvalue weighted by Crippen LogP contribution is 2.44. The van der Waals surface area contributed by atoms with E-state index in [0.29, 0.717) is 0 Å². The summed E-state index contributed by atoms with van der Waals surface area (Å²) >= 11 is 0. The molecule has 0 N–H and O–H groups in total. The van der Waals surface area contributed by atoms with Crippen molar-refractivity contribution >= 4 is 62.8 Å². The van der Waals surface area contributed by atoms with Crippen molar-refractivity contribution in [3.05, 3.63) is 151 Å². The van der Waals surface area contributed by atoms with Crippen LogP contribution >= 0.6 is 0 Å². The van der Waals surface area contributed by atoms with Crippen LogP contribution in [-0.2, 0) is 28.1 Å². The van der Waals surface area contributed by atoms with Gasteiger partial charge in [-0.05, 0) is 149 Å². The van der Waals surface area contributed by atoms with Crippen molar-refractivity contribution in [3.63, 3.8) is 0 Å². The van der Waals surface area contributed by atoms with Gasteiger partial charge in [0.1, 0.15) is 11.5 Å². The molecule has 2 fully saturated rings. The molecule has 364 valence electrons. The second kappa shape index (κ2) is 20.9. The van der Waals surface area contributed by atoms with E-state index >= 15 is 0 Å². The maximum atomic E-state index is 6.45. The zero-order chi connectivity index (χ0) is 49.3. The average molecular weight is 941 g/mol. The maximum absolute atomic E-state index is 6.45. The molecule has 2 saturated heterocycles. The van der Waals surface area contributed by atoms with E-state index in [0.717, 1.165) is 39.2 Å². The van der Waals surface area contributed by atoms with Crippen LogP contribution in [0.3, 0.4) is 0 Å². The van der Waals surface area contributed by atoms with Crippen LogP contribution in [0.4, 0.5) is 0 Å². The maximum Gasteiger partial charge on any atom is 0.498 e. The Labute approximate surface area is 416 Å². The zero-order valence-corrected chi connectivity index (χ0v) is 42.6. The number of benzene rings is 8. The first-order valence-corrected chi connectivity index (χ1v) is 23.9. The number of aryl methyl sites for hydroxylation is 2. The highest BCUT2D eigenvalue weighted by atomic mass is 16.7. The summed E-state index contributed by atoms with van der Waals surface area (Å²) in [5.41, 5.74) is 6.43. The van der Waals surface area contributed by atoms with Gasteiger partial charge >= 0.3 is 14.2 Å². The Morgan fingerprint density at radius 2 is 0.829 bits per heavy atom. The summed E-state index contributed by atoms with van der Waals surface area (Å²) in [6, 6.07) is 49.1. The van der Waals surface area contributed by atoms with Crippen LogP contribution in [0.1, 0.15) is 73.9 Å². The molecule has 0 bridgehead atoms. The van der Waals surface area contributed by atoms with E-state index in [2.05, 4.69) is 203 Å². The SMILES string of the molecule is C.CB1OC(C)(C)C(C)(C)O1.COCOc1c(B2OC(C)(C)C(C)(C)O2)cc(C)cc1-c1c2ccccc2cc2ccccc12.COCOc1ccc(C)cc1-c1c2ccccc2cc2ccccc12. The topological polar surface area (TPSA) is 73.8 Å². The highest BCUT2D eigenvalue weighted by Gasteiger charge is 2.53. The molecule has 0 aliphatic carbocycles. The van der Waals surface area contributed by atoms with Crippen LogP contribution in [0, 0.1) is 13.8 Å². The summed E-state index contributed by atoms with van der Waals surface area (Å²) in [5.74, 6) is 1.57. The second-order valence-electron chi connectivity index (χ2n) is 20.1. The number of ether oxygens (including phenoxy) is 4. The fourth-order valence-electron chi connectivity index (χ4n) is 9.24. The zero-order valence-electron chi connectivity index (χ0n) is 42.6. The summed E-state index contributed by atoms with van der Waals surface area (Å²) in [6.45, 7) is 23.0. The van der Waals surface area contributed by atoms with Gasteiger partial charge in [-0.3, -0.25) is 0 Å². The van der Waals surface area contributed by atoms with E-state index < -0.39 is 18.3 Å². The first-order chi connectivity index (χ1) is 32.8. The van der Waals surface area contributed by atoms with Gasteiger partial charge in [0.15, 0.2) is 13.6 Å². The quantitative estimate of drug-likeness (QED) is 0.0805. The molecule has 2 aliphatic heterocycles. The van der Waals surface area contributed by atoms with Crippen LogP contribution in [0.5, 0.6) is 11.5 Å². The average Bonchev–Trinajstić information content (AvgIpc) is 3.66. The molecular formula is C60H70B2O8. The lowest BCUT2D eigenvalue weighted by molar-refractivity contribution is 0.00578. The van der Waals surface area contributed by atoms with Crippen LogP contribution in [0.25, 0.3) is 65.3 Å². The normalized spacial score (nSPS) is 16.4. The van der Waals surface area contributed by atoms with Crippen molar-refractivity contribution in [2.24, 2.45) is 0 Å². The number of hydrogen-bond acceptors (Lipinski definition) is 8. The van der Waals surface area contributed by atoms with Gasteiger partial charge in [-0.25, -0.2) is 0 Å². The Morgan fingerprint density at radius 3 is 1.24 bits per heavy atom. The summed E-state index contributed by atoms with van der Waals surface area (Å²) in [4.78, 5) is 0. The Hall–Kier alpha value is -5.71. The number of rotatable bonds is 9. The van der Waals surface area contributed by atoms with Gasteiger partial charge in [0.05, 0.1) is 22.4 Å². The second-order valence-corrected chi connectivity index (χ2v) is 20.1. The van der Waals surface area contributed by atoms with E-state index in [-0.39, 0.29) is 39.3 Å². The van der Waals surface area contributed by atoms with Gasteiger partial charge in [-0.2, -0.15) is 0 Å². The Bertz CT molecular complexity index is 2980. The number of fused-ring (bicyclic) bond motifs is 4. The van der Waals surface area contributed by atoms with E-state index in [1.54, 1.807) is 14.2 Å². The minimum Gasteiger partial charge on any atom is -0.467 e. The monoisotopic (exact) mass is 941 g/mol. The van der Waals surface area contributed by atoms with Gasteiger partial charge in [0.25, 0.3) is 0 Å². The molecule has 0 radical (unpaired) electrons.